The monoisotopic (exact) mass is 295 g/mol. The van der Waals surface area contributed by atoms with E-state index < -0.39 is 11.2 Å². The van der Waals surface area contributed by atoms with E-state index >= 15 is 0 Å². The molecule has 2 rings (SSSR count). The number of aromatic amines is 1. The van der Waals surface area contributed by atoms with Gasteiger partial charge in [0.1, 0.15) is 0 Å². The van der Waals surface area contributed by atoms with Crippen molar-refractivity contribution < 1.29 is 5.11 Å². The number of aromatic nitrogens is 4. The molecule has 8 nitrogen and oxygen atoms in total. The number of aryl methyl sites for hydroxylation is 1. The van der Waals surface area contributed by atoms with Crippen molar-refractivity contribution in [2.45, 2.75) is 19.8 Å². The van der Waals surface area contributed by atoms with Crippen molar-refractivity contribution in [2.75, 3.05) is 24.6 Å². The van der Waals surface area contributed by atoms with Crippen molar-refractivity contribution in [3.8, 4) is 0 Å². The summed E-state index contributed by atoms with van der Waals surface area (Å²) in [6.45, 7) is 3.23. The van der Waals surface area contributed by atoms with Crippen LogP contribution in [0.5, 0.6) is 0 Å². The van der Waals surface area contributed by atoms with Crippen LogP contribution >= 0.6 is 0 Å². The highest BCUT2D eigenvalue weighted by Gasteiger charge is 2.16. The lowest BCUT2D eigenvalue weighted by atomic mass is 10.3. The van der Waals surface area contributed by atoms with Crippen LogP contribution in [0.4, 0.5) is 5.95 Å². The van der Waals surface area contributed by atoms with Crippen LogP contribution in [0.3, 0.4) is 0 Å². The lowest BCUT2D eigenvalue weighted by molar-refractivity contribution is 0.301. The predicted octanol–water partition coefficient (Wildman–Crippen LogP) is -0.441. The maximum absolute atomic E-state index is 12.1. The average Bonchev–Trinajstić information content (AvgIpc) is 2.92. The van der Waals surface area contributed by atoms with Gasteiger partial charge < -0.3 is 15.0 Å². The summed E-state index contributed by atoms with van der Waals surface area (Å²) in [4.78, 5) is 33.2. The molecule has 0 radical (unpaired) electrons. The molecule has 8 heteroatoms. The number of aliphatic hydroxyl groups excluding tert-OH is 1. The first-order valence-corrected chi connectivity index (χ1v) is 7.02. The van der Waals surface area contributed by atoms with E-state index in [9.17, 15) is 9.59 Å². The number of hydrogen-bond donors (Lipinski definition) is 2. The minimum absolute atomic E-state index is 0.00228. The quantitative estimate of drug-likeness (QED) is 0.753. The molecule has 0 fully saturated rings. The number of aliphatic hydroxyl groups is 1. The highest BCUT2D eigenvalue weighted by atomic mass is 16.3. The number of nitrogens with zero attached hydrogens (tertiary/aromatic N) is 4. The van der Waals surface area contributed by atoms with Crippen LogP contribution in [0.1, 0.15) is 19.8 Å². The molecule has 2 aromatic heterocycles. The van der Waals surface area contributed by atoms with Crippen molar-refractivity contribution in [3.63, 3.8) is 0 Å². The number of imidazole rings is 1. The molecule has 21 heavy (non-hydrogen) atoms. The molecule has 2 heterocycles. The third-order valence-corrected chi connectivity index (χ3v) is 3.53. The standard InChI is InChI=1S/C13H21N5O3/c1-4-5-6-18(7-8-19)12-14-9-10(15-12)16(2)13(21)17(3)11(9)20/h19H,4-8H2,1-3H3,(H,14,15). The molecule has 0 atom stereocenters. The molecule has 0 saturated carbocycles. The van der Waals surface area contributed by atoms with Gasteiger partial charge in [0.05, 0.1) is 6.61 Å². The second-order valence-electron chi connectivity index (χ2n) is 5.03. The smallest absolute Gasteiger partial charge is 0.332 e. The van der Waals surface area contributed by atoms with Crippen molar-refractivity contribution >= 4 is 17.1 Å². The van der Waals surface area contributed by atoms with Crippen molar-refractivity contribution in [2.24, 2.45) is 14.1 Å². The van der Waals surface area contributed by atoms with Crippen molar-refractivity contribution in [1.82, 2.24) is 19.1 Å². The Balaban J connectivity index is 2.56. The van der Waals surface area contributed by atoms with Gasteiger partial charge in [-0.2, -0.15) is 4.98 Å². The van der Waals surface area contributed by atoms with Crippen LogP contribution in [-0.2, 0) is 14.1 Å². The van der Waals surface area contributed by atoms with Crippen LogP contribution in [-0.4, -0.2) is 43.9 Å². The summed E-state index contributed by atoms with van der Waals surface area (Å²) in [6.07, 6.45) is 1.97. The Morgan fingerprint density at radius 2 is 1.95 bits per heavy atom. The zero-order valence-electron chi connectivity index (χ0n) is 12.6. The summed E-state index contributed by atoms with van der Waals surface area (Å²) in [5, 5.41) is 9.17. The van der Waals surface area contributed by atoms with E-state index in [0.29, 0.717) is 23.7 Å². The minimum Gasteiger partial charge on any atom is -0.395 e. The molecule has 0 aliphatic rings. The lowest BCUT2D eigenvalue weighted by Crippen LogP contribution is -2.36. The first-order chi connectivity index (χ1) is 10.0. The molecule has 0 bridgehead atoms. The summed E-state index contributed by atoms with van der Waals surface area (Å²) in [5.74, 6) is 0.505. The highest BCUT2D eigenvalue weighted by molar-refractivity contribution is 5.72. The number of rotatable bonds is 6. The summed E-state index contributed by atoms with van der Waals surface area (Å²) >= 11 is 0. The summed E-state index contributed by atoms with van der Waals surface area (Å²) in [6, 6.07) is 0. The summed E-state index contributed by atoms with van der Waals surface area (Å²) < 4.78 is 2.39. The fourth-order valence-electron chi connectivity index (χ4n) is 2.26. The van der Waals surface area contributed by atoms with Gasteiger partial charge in [0.2, 0.25) is 5.95 Å². The second kappa shape index (κ2) is 6.13. The molecule has 0 aromatic carbocycles. The molecule has 0 spiro atoms. The zero-order valence-corrected chi connectivity index (χ0v) is 12.6. The molecule has 0 aliphatic carbocycles. The van der Waals surface area contributed by atoms with E-state index in [-0.39, 0.29) is 6.61 Å². The van der Waals surface area contributed by atoms with Gasteiger partial charge in [0, 0.05) is 27.2 Å². The van der Waals surface area contributed by atoms with E-state index in [4.69, 9.17) is 5.11 Å². The Labute approximate surface area is 121 Å². The Morgan fingerprint density at radius 1 is 1.24 bits per heavy atom. The molecule has 0 unspecified atom stereocenters. The molecule has 116 valence electrons. The van der Waals surface area contributed by atoms with E-state index in [0.717, 1.165) is 24.0 Å². The Morgan fingerprint density at radius 3 is 2.57 bits per heavy atom. The second-order valence-corrected chi connectivity index (χ2v) is 5.03. The minimum atomic E-state index is -0.409. The number of hydrogen-bond acceptors (Lipinski definition) is 5. The molecule has 0 aliphatic heterocycles. The average molecular weight is 295 g/mol. The van der Waals surface area contributed by atoms with E-state index in [1.165, 1.54) is 11.6 Å². The number of unbranched alkanes of at least 4 members (excludes halogenated alkanes) is 1. The van der Waals surface area contributed by atoms with Crippen LogP contribution < -0.4 is 16.1 Å². The van der Waals surface area contributed by atoms with Crippen LogP contribution in [0, 0.1) is 0 Å². The highest BCUT2D eigenvalue weighted by Crippen LogP contribution is 2.13. The van der Waals surface area contributed by atoms with E-state index in [2.05, 4.69) is 16.9 Å². The van der Waals surface area contributed by atoms with E-state index in [1.807, 2.05) is 4.90 Å². The Bertz CT molecular complexity index is 743. The number of anilines is 1. The van der Waals surface area contributed by atoms with Gasteiger partial charge >= 0.3 is 5.69 Å². The van der Waals surface area contributed by atoms with E-state index in [1.54, 1.807) is 7.05 Å². The van der Waals surface area contributed by atoms with Gasteiger partial charge in [-0.15, -0.1) is 0 Å². The first kappa shape index (κ1) is 15.3. The van der Waals surface area contributed by atoms with Gasteiger partial charge in [-0.25, -0.2) is 4.79 Å². The molecule has 0 saturated heterocycles. The fourth-order valence-corrected chi connectivity index (χ4v) is 2.26. The molecular formula is C13H21N5O3. The predicted molar refractivity (Wildman–Crippen MR) is 80.8 cm³/mol. The summed E-state index contributed by atoms with van der Waals surface area (Å²) in [7, 11) is 3.02. The van der Waals surface area contributed by atoms with Crippen LogP contribution in [0.2, 0.25) is 0 Å². The lowest BCUT2D eigenvalue weighted by Gasteiger charge is -2.20. The molecular weight excluding hydrogens is 274 g/mol. The normalized spacial score (nSPS) is 11.2. The number of fused-ring (bicyclic) bond motifs is 1. The van der Waals surface area contributed by atoms with Gasteiger partial charge in [-0.1, -0.05) is 13.3 Å². The fraction of sp³-hybridized carbons (Fsp3) is 0.615. The molecule has 0 amide bonds. The molecule has 2 aromatic rings. The van der Waals surface area contributed by atoms with Crippen molar-refractivity contribution in [1.29, 1.82) is 0 Å². The third kappa shape index (κ3) is 2.71. The topological polar surface area (TPSA) is 96.2 Å². The first-order valence-electron chi connectivity index (χ1n) is 7.02. The zero-order chi connectivity index (χ0) is 15.6. The van der Waals surface area contributed by atoms with Crippen molar-refractivity contribution in [3.05, 3.63) is 20.8 Å². The maximum atomic E-state index is 12.1. The maximum Gasteiger partial charge on any atom is 0.332 e. The van der Waals surface area contributed by atoms with Gasteiger partial charge in [0.25, 0.3) is 5.56 Å². The van der Waals surface area contributed by atoms with Gasteiger partial charge in [-0.05, 0) is 6.42 Å². The third-order valence-electron chi connectivity index (χ3n) is 3.53. The largest absolute Gasteiger partial charge is 0.395 e. The Hall–Kier alpha value is -2.09. The number of H-pyrrole nitrogens is 1. The van der Waals surface area contributed by atoms with Gasteiger partial charge in [0.15, 0.2) is 11.2 Å². The molecule has 2 N–H and O–H groups in total. The van der Waals surface area contributed by atoms with Crippen LogP contribution in [0.15, 0.2) is 9.59 Å². The Kier molecular flexibility index (Phi) is 4.46. The number of nitrogens with one attached hydrogen (secondary N) is 1. The van der Waals surface area contributed by atoms with Crippen LogP contribution in [0.25, 0.3) is 11.2 Å². The summed E-state index contributed by atoms with van der Waals surface area (Å²) in [5.41, 5.74) is -0.175. The SMILES string of the molecule is CCCCN(CCO)c1nc2c([nH]1)c(=O)n(C)c(=O)n2C. The van der Waals surface area contributed by atoms with Gasteiger partial charge in [-0.3, -0.25) is 13.9 Å².